The van der Waals surface area contributed by atoms with E-state index in [1.807, 2.05) is 0 Å². The van der Waals surface area contributed by atoms with E-state index in [0.29, 0.717) is 6.42 Å². The van der Waals surface area contributed by atoms with Crippen molar-refractivity contribution in [2.24, 2.45) is 5.92 Å². The van der Waals surface area contributed by atoms with Gasteiger partial charge in [0, 0.05) is 24.6 Å². The molecule has 2 atom stereocenters. The van der Waals surface area contributed by atoms with Crippen LogP contribution in [-0.2, 0) is 21.4 Å². The average Bonchev–Trinajstić information content (AvgIpc) is 3.10. The lowest BCUT2D eigenvalue weighted by atomic mass is 10.0. The van der Waals surface area contributed by atoms with Crippen LogP contribution in [0.3, 0.4) is 0 Å². The van der Waals surface area contributed by atoms with Gasteiger partial charge in [0.05, 0.1) is 21.9 Å². The largest absolute Gasteiger partial charge is 0.483 e. The van der Waals surface area contributed by atoms with E-state index in [-0.39, 0.29) is 40.9 Å². The first-order chi connectivity index (χ1) is 15.7. The molecule has 1 aliphatic heterocycles. The summed E-state index contributed by atoms with van der Waals surface area (Å²) >= 11 is 0. The Balaban J connectivity index is 1.62. The number of fused-ring (bicyclic) bond motifs is 1. The van der Waals surface area contributed by atoms with E-state index in [0.717, 1.165) is 24.3 Å². The van der Waals surface area contributed by atoms with Gasteiger partial charge in [-0.25, -0.2) is 8.42 Å². The maximum Gasteiger partial charge on any atom is 0.452 e. The Morgan fingerprint density at radius 1 is 1.24 bits per heavy atom. The number of amides is 1. The maximum atomic E-state index is 13.2. The molecule has 4 rings (SSSR count). The van der Waals surface area contributed by atoms with Crippen molar-refractivity contribution in [1.29, 1.82) is 0 Å². The summed E-state index contributed by atoms with van der Waals surface area (Å²) in [6.45, 7) is -0.269. The summed E-state index contributed by atoms with van der Waals surface area (Å²) in [5.41, 5.74) is -1.20. The number of aromatic nitrogens is 1. The van der Waals surface area contributed by atoms with Crippen molar-refractivity contribution in [3.05, 3.63) is 41.3 Å². The third-order valence-electron chi connectivity index (χ3n) is 6.04. The second kappa shape index (κ2) is 7.89. The minimum Gasteiger partial charge on any atom is -0.483 e. The number of hydrogen-bond donors (Lipinski definition) is 0. The Labute approximate surface area is 189 Å². The average molecular weight is 512 g/mol. The molecule has 0 N–H and O–H groups in total. The zero-order valence-corrected chi connectivity index (χ0v) is 18.4. The van der Waals surface area contributed by atoms with E-state index in [1.165, 1.54) is 11.8 Å². The van der Waals surface area contributed by atoms with E-state index in [1.54, 1.807) is 0 Å². The smallest absolute Gasteiger partial charge is 0.452 e. The zero-order valence-electron chi connectivity index (χ0n) is 17.5. The fourth-order valence-electron chi connectivity index (χ4n) is 4.17. The van der Waals surface area contributed by atoms with Gasteiger partial charge in [0.15, 0.2) is 16.4 Å². The Hall–Kier alpha value is -2.77. The van der Waals surface area contributed by atoms with E-state index >= 15 is 0 Å². The molecule has 1 amide bonds. The van der Waals surface area contributed by atoms with Crippen molar-refractivity contribution >= 4 is 15.7 Å². The van der Waals surface area contributed by atoms with Crippen LogP contribution >= 0.6 is 0 Å². The maximum absolute atomic E-state index is 13.2. The molecule has 34 heavy (non-hydrogen) atoms. The van der Waals surface area contributed by atoms with Crippen LogP contribution < -0.4 is 4.74 Å². The highest BCUT2D eigenvalue weighted by Crippen LogP contribution is 2.59. The summed E-state index contributed by atoms with van der Waals surface area (Å²) in [6.07, 6.45) is -8.96. The quantitative estimate of drug-likeness (QED) is 0.547. The van der Waals surface area contributed by atoms with Gasteiger partial charge in [-0.3, -0.25) is 4.79 Å². The number of ether oxygens (including phenoxy) is 1. The van der Waals surface area contributed by atoms with Crippen molar-refractivity contribution in [1.82, 2.24) is 10.1 Å². The summed E-state index contributed by atoms with van der Waals surface area (Å²) in [7, 11) is -3.78. The van der Waals surface area contributed by atoms with E-state index in [9.17, 15) is 39.6 Å². The van der Waals surface area contributed by atoms with E-state index < -0.39 is 51.6 Å². The highest BCUT2D eigenvalue weighted by atomic mass is 32.2. The molecule has 2 aromatic rings. The number of hydrogen-bond acceptors (Lipinski definition) is 6. The van der Waals surface area contributed by atoms with E-state index in [2.05, 4.69) is 9.68 Å². The zero-order chi connectivity index (χ0) is 25.1. The molecule has 0 spiro atoms. The fraction of sp³-hybridized carbons (Fsp3) is 0.500. The minimum absolute atomic E-state index is 0.0379. The second-order valence-corrected chi connectivity index (χ2v) is 10.6. The van der Waals surface area contributed by atoms with Crippen LogP contribution in [0.25, 0.3) is 0 Å². The topological polar surface area (TPSA) is 89.7 Å². The number of halogens is 6. The second-order valence-electron chi connectivity index (χ2n) is 8.28. The van der Waals surface area contributed by atoms with Crippen LogP contribution in [0.1, 0.15) is 35.2 Å². The number of likely N-dealkylation sites (tertiary alicyclic amines) is 1. The first-order valence-corrected chi connectivity index (χ1v) is 11.7. The van der Waals surface area contributed by atoms with Gasteiger partial charge in [-0.1, -0.05) is 12.1 Å². The number of alkyl halides is 6. The molecule has 0 bridgehead atoms. The van der Waals surface area contributed by atoms with Crippen LogP contribution in [0.2, 0.25) is 0 Å². The van der Waals surface area contributed by atoms with Crippen molar-refractivity contribution < 1.29 is 48.8 Å². The molecular weight excluding hydrogens is 494 g/mol. The highest BCUT2D eigenvalue weighted by molar-refractivity contribution is 7.91. The molecule has 2 aliphatic rings. The molecule has 2 fully saturated rings. The first kappa shape index (κ1) is 24.4. The number of piperidine rings is 1. The first-order valence-electron chi connectivity index (χ1n) is 10.1. The fourth-order valence-corrected chi connectivity index (χ4v) is 5.08. The SMILES string of the molecule is CCS(=O)(=O)c1ccc(OCC(F)(F)F)c(C(=O)N2CC3CC3(c3cc(C(F)(F)F)on3)C2)c1. The van der Waals surface area contributed by atoms with Crippen molar-refractivity contribution in [3.8, 4) is 5.75 Å². The Bertz CT molecular complexity index is 1220. The monoisotopic (exact) mass is 512 g/mol. The lowest BCUT2D eigenvalue weighted by Crippen LogP contribution is -2.33. The van der Waals surface area contributed by atoms with Crippen molar-refractivity contribution in [3.63, 3.8) is 0 Å². The third-order valence-corrected chi connectivity index (χ3v) is 7.78. The standard InChI is InChI=1S/C20H18F6N2O5S/c1-2-34(30,31)12-3-4-14(32-10-19(21,22)23)13(5-12)17(29)28-8-11-7-18(11,9-28)15-6-16(33-27-15)20(24,25)26/h3-6,11H,2,7-10H2,1H3. The Kier molecular flexibility index (Phi) is 5.65. The van der Waals surface area contributed by atoms with Crippen molar-refractivity contribution in [2.75, 3.05) is 25.4 Å². The molecule has 186 valence electrons. The van der Waals surface area contributed by atoms with Gasteiger partial charge in [-0.2, -0.15) is 26.3 Å². The Morgan fingerprint density at radius 3 is 2.53 bits per heavy atom. The van der Waals surface area contributed by atoms with Crippen LogP contribution in [0.5, 0.6) is 5.75 Å². The van der Waals surface area contributed by atoms with Crippen LogP contribution in [0.15, 0.2) is 33.7 Å². The van der Waals surface area contributed by atoms with Gasteiger partial charge in [0.1, 0.15) is 5.75 Å². The molecule has 1 aliphatic carbocycles. The van der Waals surface area contributed by atoms with Gasteiger partial charge >= 0.3 is 12.4 Å². The lowest BCUT2D eigenvalue weighted by Gasteiger charge is -2.22. The number of carbonyl (C=O) groups excluding carboxylic acids is 1. The Morgan fingerprint density at radius 2 is 1.94 bits per heavy atom. The highest BCUT2D eigenvalue weighted by Gasteiger charge is 2.64. The van der Waals surface area contributed by atoms with Crippen LogP contribution in [-0.4, -0.2) is 56.0 Å². The third kappa shape index (κ3) is 4.46. The van der Waals surface area contributed by atoms with Crippen LogP contribution in [0, 0.1) is 5.92 Å². The van der Waals surface area contributed by atoms with Gasteiger partial charge < -0.3 is 14.2 Å². The predicted octanol–water partition coefficient (Wildman–Crippen LogP) is 3.84. The van der Waals surface area contributed by atoms with Gasteiger partial charge in [-0.05, 0) is 30.5 Å². The van der Waals surface area contributed by atoms with Gasteiger partial charge in [0.2, 0.25) is 5.76 Å². The molecule has 2 heterocycles. The van der Waals surface area contributed by atoms with E-state index in [4.69, 9.17) is 4.74 Å². The summed E-state index contributed by atoms with van der Waals surface area (Å²) in [5.74, 6) is -3.03. The summed E-state index contributed by atoms with van der Waals surface area (Å²) < 4.78 is 110. The molecular formula is C20H18F6N2O5S. The molecule has 0 radical (unpaired) electrons. The van der Waals surface area contributed by atoms with Gasteiger partial charge in [0.25, 0.3) is 5.91 Å². The molecule has 1 aromatic carbocycles. The number of carbonyl (C=O) groups is 1. The van der Waals surface area contributed by atoms with Gasteiger partial charge in [-0.15, -0.1) is 0 Å². The molecule has 2 unspecified atom stereocenters. The number of rotatable bonds is 6. The number of benzene rings is 1. The lowest BCUT2D eigenvalue weighted by molar-refractivity contribution is -0.155. The molecule has 14 heteroatoms. The summed E-state index contributed by atoms with van der Waals surface area (Å²) in [5, 5.41) is 3.51. The van der Waals surface area contributed by atoms with Crippen molar-refractivity contribution in [2.45, 2.75) is 36.0 Å². The van der Waals surface area contributed by atoms with Crippen LogP contribution in [0.4, 0.5) is 26.3 Å². The molecule has 7 nitrogen and oxygen atoms in total. The molecule has 1 saturated heterocycles. The predicted molar refractivity (Wildman–Crippen MR) is 103 cm³/mol. The number of sulfone groups is 1. The minimum atomic E-state index is -4.73. The normalized spacial score (nSPS) is 22.6. The summed E-state index contributed by atoms with van der Waals surface area (Å²) in [6, 6.07) is 3.78. The molecule has 1 saturated carbocycles. The molecule has 1 aromatic heterocycles. The summed E-state index contributed by atoms with van der Waals surface area (Å²) in [4.78, 5) is 14.2. The number of nitrogens with zero attached hydrogens (tertiary/aromatic N) is 2.